The van der Waals surface area contributed by atoms with Gasteiger partial charge in [0.05, 0.1) is 17.1 Å². The van der Waals surface area contributed by atoms with Crippen LogP contribution in [0, 0.1) is 0 Å². The van der Waals surface area contributed by atoms with Crippen molar-refractivity contribution in [3.63, 3.8) is 0 Å². The molecule has 12 heteroatoms. The maximum Gasteiger partial charge on any atom is 0.280 e. The molecule has 1 aromatic heterocycles. The summed E-state index contributed by atoms with van der Waals surface area (Å²) in [5, 5.41) is 9.31. The van der Waals surface area contributed by atoms with E-state index in [4.69, 9.17) is 23.8 Å². The lowest BCUT2D eigenvalue weighted by atomic mass is 10.2. The molecule has 1 aliphatic heterocycles. The number of nitrogens with zero attached hydrogens (tertiary/aromatic N) is 3. The van der Waals surface area contributed by atoms with Gasteiger partial charge in [-0.2, -0.15) is 0 Å². The van der Waals surface area contributed by atoms with Crippen LogP contribution in [0.4, 0.5) is 5.69 Å². The summed E-state index contributed by atoms with van der Waals surface area (Å²) >= 11 is 12.5. The first-order valence-electron chi connectivity index (χ1n) is 10.6. The fourth-order valence-corrected chi connectivity index (χ4v) is 4.75. The third-order valence-corrected chi connectivity index (χ3v) is 6.73. The summed E-state index contributed by atoms with van der Waals surface area (Å²) < 4.78 is 0. The van der Waals surface area contributed by atoms with E-state index in [1.54, 1.807) is 38.4 Å². The highest BCUT2D eigenvalue weighted by atomic mass is 35.5. The van der Waals surface area contributed by atoms with Gasteiger partial charge in [-0.25, -0.2) is 4.98 Å². The van der Waals surface area contributed by atoms with Gasteiger partial charge in [0, 0.05) is 55.7 Å². The van der Waals surface area contributed by atoms with Crippen LogP contribution in [0.3, 0.4) is 0 Å². The topological polar surface area (TPSA) is 107 Å². The van der Waals surface area contributed by atoms with Crippen molar-refractivity contribution in [3.8, 4) is 0 Å². The minimum absolute atomic E-state index is 0.0453. The predicted molar refractivity (Wildman–Crippen MR) is 137 cm³/mol. The van der Waals surface area contributed by atoms with Crippen LogP contribution in [0.5, 0.6) is 0 Å². The average molecular weight is 523 g/mol. The molecule has 0 fully saturated rings. The number of thiocarbonyl (C=S) groups is 1. The van der Waals surface area contributed by atoms with Gasteiger partial charge in [-0.05, 0) is 31.3 Å². The van der Waals surface area contributed by atoms with Crippen LogP contribution in [0.1, 0.15) is 26.8 Å². The average Bonchev–Trinajstić information content (AvgIpc) is 3.20. The Kier molecular flexibility index (Phi) is 8.95. The number of halogens is 1. The fourth-order valence-electron chi connectivity index (χ4n) is 3.31. The van der Waals surface area contributed by atoms with E-state index in [9.17, 15) is 14.4 Å². The van der Waals surface area contributed by atoms with Gasteiger partial charge >= 0.3 is 0 Å². The number of likely N-dealkylation sites (N-methyl/N-ethyl adjacent to an activating group) is 2. The highest BCUT2D eigenvalue weighted by Crippen LogP contribution is 2.24. The van der Waals surface area contributed by atoms with E-state index in [0.29, 0.717) is 15.7 Å². The zero-order valence-electron chi connectivity index (χ0n) is 19.2. The number of thiazole rings is 1. The smallest absolute Gasteiger partial charge is 0.280 e. The van der Waals surface area contributed by atoms with Crippen LogP contribution in [-0.4, -0.2) is 77.8 Å². The number of rotatable bonds is 8. The van der Waals surface area contributed by atoms with Crippen LogP contribution in [0.2, 0.25) is 5.02 Å². The van der Waals surface area contributed by atoms with Crippen LogP contribution >= 0.6 is 35.2 Å². The van der Waals surface area contributed by atoms with E-state index in [1.807, 2.05) is 7.05 Å². The Balaban J connectivity index is 1.56. The van der Waals surface area contributed by atoms with Crippen molar-refractivity contribution in [3.05, 3.63) is 44.9 Å². The molecule has 0 radical (unpaired) electrons. The number of hydrogen-bond acceptors (Lipinski definition) is 7. The van der Waals surface area contributed by atoms with Crippen LogP contribution in [-0.2, 0) is 22.6 Å². The number of fused-ring (bicyclic) bond motifs is 1. The molecule has 1 aromatic carbocycles. The number of benzene rings is 1. The van der Waals surface area contributed by atoms with E-state index < -0.39 is 11.9 Å². The molecule has 34 heavy (non-hydrogen) atoms. The lowest BCUT2D eigenvalue weighted by molar-refractivity contribution is -0.130. The summed E-state index contributed by atoms with van der Waals surface area (Å²) in [5.74, 6) is -1.01. The Morgan fingerprint density at radius 1 is 1.26 bits per heavy atom. The molecule has 0 bridgehead atoms. The van der Waals surface area contributed by atoms with Gasteiger partial charge in [0.15, 0.2) is 5.01 Å². The van der Waals surface area contributed by atoms with Crippen molar-refractivity contribution in [1.82, 2.24) is 25.4 Å². The first kappa shape index (κ1) is 26.0. The van der Waals surface area contributed by atoms with Gasteiger partial charge in [-0.3, -0.25) is 14.4 Å². The molecule has 1 aliphatic rings. The van der Waals surface area contributed by atoms with Crippen LogP contribution in [0.25, 0.3) is 0 Å². The number of hydrogen-bond donors (Lipinski definition) is 3. The maximum absolute atomic E-state index is 12.8. The highest BCUT2D eigenvalue weighted by molar-refractivity contribution is 7.80. The second-order valence-corrected chi connectivity index (χ2v) is 10.2. The van der Waals surface area contributed by atoms with Crippen molar-refractivity contribution < 1.29 is 14.4 Å². The molecular formula is C22H27ClN6O3S2. The van der Waals surface area contributed by atoms with E-state index in [0.717, 1.165) is 30.1 Å². The summed E-state index contributed by atoms with van der Waals surface area (Å²) in [6, 6.07) is 5.85. The second-order valence-electron chi connectivity index (χ2n) is 8.17. The third kappa shape index (κ3) is 7.20. The van der Waals surface area contributed by atoms with E-state index in [2.05, 4.69) is 25.8 Å². The van der Waals surface area contributed by atoms with Crippen molar-refractivity contribution in [2.75, 3.05) is 39.5 Å². The number of nitrogens with one attached hydrogen (secondary N) is 3. The Bertz CT molecular complexity index is 1070. The lowest BCUT2D eigenvalue weighted by Crippen LogP contribution is -2.52. The number of anilines is 1. The van der Waals surface area contributed by atoms with Crippen molar-refractivity contribution >= 4 is 63.6 Å². The highest BCUT2D eigenvalue weighted by Gasteiger charge is 2.27. The van der Waals surface area contributed by atoms with Crippen LogP contribution in [0.15, 0.2) is 24.3 Å². The largest absolute Gasteiger partial charge is 0.377 e. The van der Waals surface area contributed by atoms with E-state index in [1.165, 1.54) is 16.2 Å². The summed E-state index contributed by atoms with van der Waals surface area (Å²) in [7, 11) is 5.24. The Labute approximate surface area is 212 Å². The molecule has 0 saturated carbocycles. The molecular weight excluding hydrogens is 496 g/mol. The molecule has 3 amide bonds. The Morgan fingerprint density at radius 3 is 2.65 bits per heavy atom. The fraction of sp³-hybridized carbons (Fsp3) is 0.409. The SMILES string of the molecule is CN1CCc2nc(C(=O)NC(CNC(=S)CC(=O)Nc3ccc(Cl)cc3)C(=O)N(C)C)sc2C1. The maximum atomic E-state index is 12.8. The molecule has 9 nitrogen and oxygen atoms in total. The molecule has 182 valence electrons. The lowest BCUT2D eigenvalue weighted by Gasteiger charge is -2.22. The first-order chi connectivity index (χ1) is 16.1. The zero-order valence-corrected chi connectivity index (χ0v) is 21.6. The van der Waals surface area contributed by atoms with Gasteiger partial charge in [-0.15, -0.1) is 11.3 Å². The summed E-state index contributed by atoms with van der Waals surface area (Å²) in [6.45, 7) is 1.70. The molecule has 3 rings (SSSR count). The molecule has 3 N–H and O–H groups in total. The molecule has 0 aliphatic carbocycles. The third-order valence-electron chi connectivity index (χ3n) is 5.11. The molecule has 2 heterocycles. The van der Waals surface area contributed by atoms with Gasteiger partial charge < -0.3 is 25.8 Å². The first-order valence-corrected chi connectivity index (χ1v) is 12.2. The molecule has 2 aromatic rings. The quantitative estimate of drug-likeness (QED) is 0.455. The molecule has 1 atom stereocenters. The standard InChI is InChI=1S/C22H27ClN6O3S2/c1-28(2)22(32)16(26-20(31)21-27-15-8-9-29(3)12-17(15)34-21)11-24-19(33)10-18(30)25-14-6-4-13(23)5-7-14/h4-7,16H,8-12H2,1-3H3,(H,24,33)(H,25,30)(H,26,31). The zero-order chi connectivity index (χ0) is 24.8. The van der Waals surface area contributed by atoms with Gasteiger partial charge in [0.2, 0.25) is 11.8 Å². The molecule has 0 saturated heterocycles. The summed E-state index contributed by atoms with van der Waals surface area (Å²) in [5.41, 5.74) is 1.54. The predicted octanol–water partition coefficient (Wildman–Crippen LogP) is 1.92. The Hall–Kier alpha value is -2.60. The summed E-state index contributed by atoms with van der Waals surface area (Å²) in [6.07, 6.45) is 0.727. The molecule has 1 unspecified atom stereocenters. The number of amides is 3. The van der Waals surface area contributed by atoms with Crippen molar-refractivity contribution in [2.45, 2.75) is 25.4 Å². The number of carbonyl (C=O) groups excluding carboxylic acids is 3. The van der Waals surface area contributed by atoms with Crippen molar-refractivity contribution in [2.24, 2.45) is 0 Å². The second kappa shape index (κ2) is 11.7. The van der Waals surface area contributed by atoms with E-state index >= 15 is 0 Å². The number of aromatic nitrogens is 1. The number of carbonyl (C=O) groups is 3. The van der Waals surface area contributed by atoms with Gasteiger partial charge in [-0.1, -0.05) is 23.8 Å². The van der Waals surface area contributed by atoms with Gasteiger partial charge in [0.25, 0.3) is 5.91 Å². The minimum atomic E-state index is -0.872. The van der Waals surface area contributed by atoms with Gasteiger partial charge in [0.1, 0.15) is 6.04 Å². The van der Waals surface area contributed by atoms with Crippen molar-refractivity contribution in [1.29, 1.82) is 0 Å². The normalized spacial score (nSPS) is 14.0. The minimum Gasteiger partial charge on any atom is -0.377 e. The summed E-state index contributed by atoms with van der Waals surface area (Å²) in [4.78, 5) is 47.1. The van der Waals surface area contributed by atoms with Crippen LogP contribution < -0.4 is 16.0 Å². The van der Waals surface area contributed by atoms with E-state index in [-0.39, 0.29) is 29.8 Å². The Morgan fingerprint density at radius 2 is 1.97 bits per heavy atom. The molecule has 0 spiro atoms. The monoisotopic (exact) mass is 522 g/mol.